The number of methoxy groups -OCH3 is 1. The highest BCUT2D eigenvalue weighted by Gasteiger charge is 2.07. The fourth-order valence-electron chi connectivity index (χ4n) is 2.08. The zero-order chi connectivity index (χ0) is 17.5. The SMILES string of the molecule is COc1ccc(/C=C/C(=O)c2ccc(OC(F)F)cc2)cc1CCl. The number of hydrogen-bond donors (Lipinski definition) is 0. The molecule has 24 heavy (non-hydrogen) atoms. The van der Waals surface area contributed by atoms with E-state index in [0.29, 0.717) is 17.2 Å². The number of carbonyl (C=O) groups excluding carboxylic acids is 1. The first-order chi connectivity index (χ1) is 11.5. The number of ether oxygens (including phenoxy) is 2. The fourth-order valence-corrected chi connectivity index (χ4v) is 2.28. The van der Waals surface area contributed by atoms with Crippen LogP contribution >= 0.6 is 11.6 Å². The molecule has 0 spiro atoms. The third-order valence-electron chi connectivity index (χ3n) is 3.24. The van der Waals surface area contributed by atoms with Crippen molar-refractivity contribution in [3.05, 3.63) is 65.2 Å². The number of ketones is 1. The summed E-state index contributed by atoms with van der Waals surface area (Å²) < 4.78 is 33.6. The normalized spacial score (nSPS) is 11.0. The molecule has 0 N–H and O–H groups in total. The van der Waals surface area contributed by atoms with E-state index in [2.05, 4.69) is 4.74 Å². The van der Waals surface area contributed by atoms with Gasteiger partial charge in [0, 0.05) is 11.1 Å². The Morgan fingerprint density at radius 2 is 1.92 bits per heavy atom. The number of carbonyl (C=O) groups is 1. The number of halogens is 3. The van der Waals surface area contributed by atoms with Crippen molar-refractivity contribution in [3.63, 3.8) is 0 Å². The zero-order valence-corrected chi connectivity index (χ0v) is 13.6. The first-order valence-electron chi connectivity index (χ1n) is 7.03. The minimum Gasteiger partial charge on any atom is -0.496 e. The number of benzene rings is 2. The maximum Gasteiger partial charge on any atom is 0.387 e. The van der Waals surface area contributed by atoms with E-state index in [-0.39, 0.29) is 11.5 Å². The Bertz CT molecular complexity index is 728. The largest absolute Gasteiger partial charge is 0.496 e. The lowest BCUT2D eigenvalue weighted by molar-refractivity contribution is -0.0498. The molecule has 0 saturated carbocycles. The average molecular weight is 353 g/mol. The van der Waals surface area contributed by atoms with Gasteiger partial charge in [-0.25, -0.2) is 0 Å². The highest BCUT2D eigenvalue weighted by molar-refractivity contribution is 6.17. The Kier molecular flexibility index (Phi) is 6.32. The minimum atomic E-state index is -2.89. The first kappa shape index (κ1) is 17.9. The second-order valence-corrected chi connectivity index (χ2v) is 5.07. The van der Waals surface area contributed by atoms with Crippen molar-refractivity contribution in [3.8, 4) is 11.5 Å². The molecule has 0 aliphatic heterocycles. The molecule has 0 fully saturated rings. The summed E-state index contributed by atoms with van der Waals surface area (Å²) in [5, 5.41) is 0. The Labute approximate surface area is 143 Å². The van der Waals surface area contributed by atoms with Crippen LogP contribution in [0.2, 0.25) is 0 Å². The number of rotatable bonds is 7. The Morgan fingerprint density at radius 3 is 2.50 bits per heavy atom. The van der Waals surface area contributed by atoms with Crippen LogP contribution in [-0.2, 0) is 5.88 Å². The van der Waals surface area contributed by atoms with Gasteiger partial charge < -0.3 is 9.47 Å². The summed E-state index contributed by atoms with van der Waals surface area (Å²) in [4.78, 5) is 12.1. The van der Waals surface area contributed by atoms with Gasteiger partial charge in [-0.2, -0.15) is 8.78 Å². The third kappa shape index (κ3) is 4.80. The van der Waals surface area contributed by atoms with Crippen LogP contribution in [0.4, 0.5) is 8.78 Å². The van der Waals surface area contributed by atoms with Gasteiger partial charge in [0.2, 0.25) is 0 Å². The Balaban J connectivity index is 2.10. The van der Waals surface area contributed by atoms with Crippen LogP contribution in [0.3, 0.4) is 0 Å². The van der Waals surface area contributed by atoms with Crippen LogP contribution < -0.4 is 9.47 Å². The average Bonchev–Trinajstić information content (AvgIpc) is 2.59. The van der Waals surface area contributed by atoms with Crippen LogP contribution in [0.15, 0.2) is 48.5 Å². The van der Waals surface area contributed by atoms with Gasteiger partial charge in [0.25, 0.3) is 0 Å². The quantitative estimate of drug-likeness (QED) is 0.402. The first-order valence-corrected chi connectivity index (χ1v) is 7.57. The highest BCUT2D eigenvalue weighted by atomic mass is 35.5. The van der Waals surface area contributed by atoms with E-state index in [1.54, 1.807) is 25.3 Å². The molecule has 0 aromatic heterocycles. The monoisotopic (exact) mass is 352 g/mol. The maximum atomic E-state index is 12.1. The molecule has 2 aromatic carbocycles. The number of allylic oxidation sites excluding steroid dienone is 1. The van der Waals surface area contributed by atoms with Crippen molar-refractivity contribution in [2.45, 2.75) is 12.5 Å². The summed E-state index contributed by atoms with van der Waals surface area (Å²) in [7, 11) is 1.56. The molecular weight excluding hydrogens is 338 g/mol. The van der Waals surface area contributed by atoms with Crippen molar-refractivity contribution in [2.75, 3.05) is 7.11 Å². The summed E-state index contributed by atoms with van der Waals surface area (Å²) in [6.07, 6.45) is 3.06. The van der Waals surface area contributed by atoms with E-state index in [9.17, 15) is 13.6 Å². The van der Waals surface area contributed by atoms with Crippen LogP contribution in [0.5, 0.6) is 11.5 Å². The highest BCUT2D eigenvalue weighted by Crippen LogP contribution is 2.22. The van der Waals surface area contributed by atoms with Crippen molar-refractivity contribution < 1.29 is 23.0 Å². The molecule has 126 valence electrons. The molecule has 0 atom stereocenters. The summed E-state index contributed by atoms with van der Waals surface area (Å²) in [6, 6.07) is 10.9. The molecule has 0 aliphatic carbocycles. The molecule has 0 unspecified atom stereocenters. The molecule has 6 heteroatoms. The molecule has 0 radical (unpaired) electrons. The maximum absolute atomic E-state index is 12.1. The molecule has 3 nitrogen and oxygen atoms in total. The van der Waals surface area contributed by atoms with Crippen molar-refractivity contribution >= 4 is 23.5 Å². The Morgan fingerprint density at radius 1 is 1.21 bits per heavy atom. The molecule has 2 rings (SSSR count). The smallest absolute Gasteiger partial charge is 0.387 e. The molecule has 0 aliphatic rings. The summed E-state index contributed by atoms with van der Waals surface area (Å²) in [5.74, 6) is 0.738. The van der Waals surface area contributed by atoms with Crippen molar-refractivity contribution in [1.82, 2.24) is 0 Å². The molecule has 0 saturated heterocycles. The third-order valence-corrected chi connectivity index (χ3v) is 3.53. The number of alkyl halides is 3. The van der Waals surface area contributed by atoms with Gasteiger partial charge in [-0.15, -0.1) is 11.6 Å². The summed E-state index contributed by atoms with van der Waals surface area (Å²) in [5.41, 5.74) is 2.00. The van der Waals surface area contributed by atoms with Crippen LogP contribution in [0.25, 0.3) is 6.08 Å². The molecule has 0 bridgehead atoms. The van der Waals surface area contributed by atoms with Gasteiger partial charge >= 0.3 is 6.61 Å². The second kappa shape index (κ2) is 8.45. The lowest BCUT2D eigenvalue weighted by atomic mass is 10.1. The van der Waals surface area contributed by atoms with E-state index in [1.165, 1.54) is 30.3 Å². The Hall–Kier alpha value is -2.40. The van der Waals surface area contributed by atoms with Gasteiger partial charge in [-0.1, -0.05) is 12.1 Å². The standard InChI is InChI=1S/C18H15ClF2O3/c1-23-17-9-3-12(10-14(17)11-19)2-8-16(22)13-4-6-15(7-5-13)24-18(20)21/h2-10,18H,11H2,1H3/b8-2+. The van der Waals surface area contributed by atoms with Crippen molar-refractivity contribution in [2.24, 2.45) is 0 Å². The predicted molar refractivity (Wildman–Crippen MR) is 89.0 cm³/mol. The van der Waals surface area contributed by atoms with Crippen LogP contribution in [0, 0.1) is 0 Å². The van der Waals surface area contributed by atoms with E-state index in [0.717, 1.165) is 11.1 Å². The van der Waals surface area contributed by atoms with Crippen molar-refractivity contribution in [1.29, 1.82) is 0 Å². The van der Waals surface area contributed by atoms with Gasteiger partial charge in [-0.05, 0) is 48.0 Å². The second-order valence-electron chi connectivity index (χ2n) is 4.81. The molecule has 0 amide bonds. The van der Waals surface area contributed by atoms with Gasteiger partial charge in [0.1, 0.15) is 11.5 Å². The van der Waals surface area contributed by atoms with E-state index in [4.69, 9.17) is 16.3 Å². The molecule has 0 heterocycles. The zero-order valence-electron chi connectivity index (χ0n) is 12.8. The van der Waals surface area contributed by atoms with Crippen LogP contribution in [0.1, 0.15) is 21.5 Å². The summed E-state index contributed by atoms with van der Waals surface area (Å²) >= 11 is 5.86. The van der Waals surface area contributed by atoms with Gasteiger partial charge in [0.15, 0.2) is 5.78 Å². The van der Waals surface area contributed by atoms with Gasteiger partial charge in [-0.3, -0.25) is 4.79 Å². The lowest BCUT2D eigenvalue weighted by Gasteiger charge is -2.06. The topological polar surface area (TPSA) is 35.5 Å². The van der Waals surface area contributed by atoms with E-state index in [1.807, 2.05) is 6.07 Å². The molecular formula is C18H15ClF2O3. The number of hydrogen-bond acceptors (Lipinski definition) is 3. The molecule has 2 aromatic rings. The predicted octanol–water partition coefficient (Wildman–Crippen LogP) is 4.93. The lowest BCUT2D eigenvalue weighted by Crippen LogP contribution is -2.02. The van der Waals surface area contributed by atoms with Gasteiger partial charge in [0.05, 0.1) is 13.0 Å². The van der Waals surface area contributed by atoms with E-state index < -0.39 is 6.61 Å². The minimum absolute atomic E-state index is 0.00689. The van der Waals surface area contributed by atoms with Crippen LogP contribution in [-0.4, -0.2) is 19.5 Å². The summed E-state index contributed by atoms with van der Waals surface area (Å²) in [6.45, 7) is -2.89. The fraction of sp³-hybridized carbons (Fsp3) is 0.167. The van der Waals surface area contributed by atoms with E-state index >= 15 is 0 Å².